The van der Waals surface area contributed by atoms with Crippen LogP contribution in [0.15, 0.2) is 24.7 Å². The van der Waals surface area contributed by atoms with Crippen LogP contribution in [0.3, 0.4) is 0 Å². The third-order valence-electron chi connectivity index (χ3n) is 4.90. The summed E-state index contributed by atoms with van der Waals surface area (Å²) in [6.45, 7) is 3.13. The number of nitrogens with zero attached hydrogens (tertiary/aromatic N) is 4. The van der Waals surface area contributed by atoms with Crippen LogP contribution in [0.5, 0.6) is 0 Å². The number of aromatic nitrogens is 4. The maximum atomic E-state index is 10.5. The summed E-state index contributed by atoms with van der Waals surface area (Å²) in [6, 6.07) is 3.85. The van der Waals surface area contributed by atoms with Gasteiger partial charge in [0.1, 0.15) is 11.0 Å². The number of rotatable bonds is 4. The minimum atomic E-state index is -0.613. The molecule has 6 nitrogen and oxygen atoms in total. The van der Waals surface area contributed by atoms with Gasteiger partial charge in [0.25, 0.3) is 0 Å². The maximum absolute atomic E-state index is 10.5. The fourth-order valence-electron chi connectivity index (χ4n) is 3.31. The molecule has 4 rings (SSSR count). The predicted molar refractivity (Wildman–Crippen MR) is 89.1 cm³/mol. The van der Waals surface area contributed by atoms with Crippen LogP contribution in [0.25, 0.3) is 22.1 Å². The van der Waals surface area contributed by atoms with Crippen molar-refractivity contribution < 1.29 is 5.11 Å². The van der Waals surface area contributed by atoms with E-state index in [0.29, 0.717) is 13.1 Å². The number of pyridine rings is 2. The van der Waals surface area contributed by atoms with E-state index in [1.165, 1.54) is 0 Å². The highest BCUT2D eigenvalue weighted by molar-refractivity contribution is 6.00. The smallest absolute Gasteiger partial charge is 0.115 e. The second kappa shape index (κ2) is 5.25. The van der Waals surface area contributed by atoms with Crippen LogP contribution in [0, 0.1) is 0 Å². The number of nitrogens with two attached hydrogens (primary N) is 1. The van der Waals surface area contributed by atoms with E-state index in [0.717, 1.165) is 47.0 Å². The van der Waals surface area contributed by atoms with Gasteiger partial charge in [-0.2, -0.15) is 0 Å². The van der Waals surface area contributed by atoms with E-state index in [2.05, 4.69) is 16.9 Å². The molecule has 1 atom stereocenters. The van der Waals surface area contributed by atoms with Gasteiger partial charge in [-0.05, 0) is 31.4 Å². The lowest BCUT2D eigenvalue weighted by molar-refractivity contribution is -0.0464. The third kappa shape index (κ3) is 2.29. The van der Waals surface area contributed by atoms with Crippen LogP contribution in [0.4, 0.5) is 0 Å². The van der Waals surface area contributed by atoms with Gasteiger partial charge < -0.3 is 15.4 Å². The first-order chi connectivity index (χ1) is 11.1. The van der Waals surface area contributed by atoms with Crippen molar-refractivity contribution in [3.05, 3.63) is 30.4 Å². The summed E-state index contributed by atoms with van der Waals surface area (Å²) in [5, 5.41) is 10.5. The molecule has 3 heterocycles. The van der Waals surface area contributed by atoms with E-state index in [9.17, 15) is 5.11 Å². The average molecular weight is 311 g/mol. The molecule has 0 spiro atoms. The molecule has 3 N–H and O–H groups in total. The minimum absolute atomic E-state index is 0.122. The summed E-state index contributed by atoms with van der Waals surface area (Å²) in [5.41, 5.74) is 9.61. The lowest BCUT2D eigenvalue weighted by Gasteiger charge is -2.36. The topological polar surface area (TPSA) is 89.9 Å². The van der Waals surface area contributed by atoms with Gasteiger partial charge in [0, 0.05) is 18.7 Å². The highest BCUT2D eigenvalue weighted by atomic mass is 16.3. The van der Waals surface area contributed by atoms with Crippen molar-refractivity contribution in [1.29, 1.82) is 0 Å². The third-order valence-corrected chi connectivity index (χ3v) is 4.90. The quantitative estimate of drug-likeness (QED) is 0.768. The molecule has 0 aromatic carbocycles. The SMILES string of the molecule is CC(CN)c1nc2cccnc2c2c1ncn2CC1(O)CCC1. The largest absolute Gasteiger partial charge is 0.388 e. The molecule has 120 valence electrons. The summed E-state index contributed by atoms with van der Waals surface area (Å²) in [5.74, 6) is 0.122. The molecule has 23 heavy (non-hydrogen) atoms. The van der Waals surface area contributed by atoms with Crippen LogP contribution in [-0.4, -0.2) is 36.8 Å². The van der Waals surface area contributed by atoms with Gasteiger partial charge in [0.15, 0.2) is 0 Å². The zero-order chi connectivity index (χ0) is 16.0. The van der Waals surface area contributed by atoms with Crippen molar-refractivity contribution in [3.8, 4) is 0 Å². The minimum Gasteiger partial charge on any atom is -0.388 e. The van der Waals surface area contributed by atoms with E-state index < -0.39 is 5.60 Å². The van der Waals surface area contributed by atoms with Crippen molar-refractivity contribution in [1.82, 2.24) is 19.5 Å². The van der Waals surface area contributed by atoms with Gasteiger partial charge in [0.05, 0.1) is 35.2 Å². The standard InChI is InChI=1S/C17H21N5O/c1-11(8-18)13-15-16(14-12(21-13)4-2-7-19-14)22(10-20-15)9-17(23)5-3-6-17/h2,4,7,10-11,23H,3,5-6,8-9,18H2,1H3. The Morgan fingerprint density at radius 1 is 1.35 bits per heavy atom. The highest BCUT2D eigenvalue weighted by Crippen LogP contribution is 2.35. The van der Waals surface area contributed by atoms with Crippen LogP contribution in [-0.2, 0) is 6.54 Å². The zero-order valence-corrected chi connectivity index (χ0v) is 13.2. The molecular weight excluding hydrogens is 290 g/mol. The molecule has 0 radical (unpaired) electrons. The molecule has 0 aliphatic heterocycles. The van der Waals surface area contributed by atoms with E-state index in [4.69, 9.17) is 10.7 Å². The van der Waals surface area contributed by atoms with E-state index in [1.807, 2.05) is 16.7 Å². The Hall–Kier alpha value is -2.05. The van der Waals surface area contributed by atoms with Gasteiger partial charge >= 0.3 is 0 Å². The molecule has 1 aliphatic rings. The first-order valence-corrected chi connectivity index (χ1v) is 8.13. The number of fused-ring (bicyclic) bond motifs is 3. The summed E-state index contributed by atoms with van der Waals surface area (Å²) in [6.07, 6.45) is 6.33. The lowest BCUT2D eigenvalue weighted by atomic mass is 9.80. The van der Waals surface area contributed by atoms with E-state index in [1.54, 1.807) is 12.5 Å². The fraction of sp³-hybridized carbons (Fsp3) is 0.471. The Morgan fingerprint density at radius 3 is 2.87 bits per heavy atom. The number of hydrogen-bond acceptors (Lipinski definition) is 5. The summed E-state index contributed by atoms with van der Waals surface area (Å²) >= 11 is 0. The van der Waals surface area contributed by atoms with Gasteiger partial charge in [0.2, 0.25) is 0 Å². The predicted octanol–water partition coefficient (Wildman–Crippen LogP) is 1.96. The molecule has 3 aromatic rings. The molecular formula is C17H21N5O. The Kier molecular flexibility index (Phi) is 3.32. The van der Waals surface area contributed by atoms with Crippen LogP contribution >= 0.6 is 0 Å². The van der Waals surface area contributed by atoms with Crippen molar-refractivity contribution in [3.63, 3.8) is 0 Å². The Labute approximate surface area is 134 Å². The lowest BCUT2D eigenvalue weighted by Crippen LogP contribution is -2.40. The van der Waals surface area contributed by atoms with Gasteiger partial charge in [-0.25, -0.2) is 9.97 Å². The monoisotopic (exact) mass is 311 g/mol. The van der Waals surface area contributed by atoms with Crippen molar-refractivity contribution >= 4 is 22.1 Å². The Balaban J connectivity index is 1.96. The van der Waals surface area contributed by atoms with Crippen LogP contribution < -0.4 is 5.73 Å². The highest BCUT2D eigenvalue weighted by Gasteiger charge is 2.35. The first kappa shape index (κ1) is 14.5. The first-order valence-electron chi connectivity index (χ1n) is 8.13. The molecule has 1 aliphatic carbocycles. The Bertz CT molecular complexity index is 868. The second-order valence-corrected chi connectivity index (χ2v) is 6.65. The molecule has 0 bridgehead atoms. The summed E-state index contributed by atoms with van der Waals surface area (Å²) in [7, 11) is 0. The van der Waals surface area contributed by atoms with Crippen LogP contribution in [0.1, 0.15) is 37.8 Å². The Morgan fingerprint density at radius 2 is 2.17 bits per heavy atom. The van der Waals surface area contributed by atoms with Crippen molar-refractivity contribution in [2.24, 2.45) is 5.73 Å². The average Bonchev–Trinajstić information content (AvgIpc) is 2.96. The van der Waals surface area contributed by atoms with Gasteiger partial charge in [-0.1, -0.05) is 6.92 Å². The van der Waals surface area contributed by atoms with Crippen molar-refractivity contribution in [2.45, 2.75) is 44.2 Å². The number of aliphatic hydroxyl groups is 1. The van der Waals surface area contributed by atoms with E-state index in [-0.39, 0.29) is 5.92 Å². The zero-order valence-electron chi connectivity index (χ0n) is 13.2. The summed E-state index contributed by atoms with van der Waals surface area (Å²) in [4.78, 5) is 13.8. The number of hydrogen-bond donors (Lipinski definition) is 2. The van der Waals surface area contributed by atoms with Crippen molar-refractivity contribution in [2.75, 3.05) is 6.54 Å². The normalized spacial score (nSPS) is 18.2. The van der Waals surface area contributed by atoms with Crippen LogP contribution in [0.2, 0.25) is 0 Å². The van der Waals surface area contributed by atoms with Gasteiger partial charge in [-0.3, -0.25) is 4.98 Å². The fourth-order valence-corrected chi connectivity index (χ4v) is 3.31. The second-order valence-electron chi connectivity index (χ2n) is 6.65. The molecule has 0 amide bonds. The van der Waals surface area contributed by atoms with Gasteiger partial charge in [-0.15, -0.1) is 0 Å². The molecule has 1 saturated carbocycles. The van der Waals surface area contributed by atoms with E-state index >= 15 is 0 Å². The molecule has 0 saturated heterocycles. The number of imidazole rings is 1. The molecule has 1 fully saturated rings. The maximum Gasteiger partial charge on any atom is 0.115 e. The molecule has 3 aromatic heterocycles. The molecule has 6 heteroatoms. The summed E-state index contributed by atoms with van der Waals surface area (Å²) < 4.78 is 2.03. The molecule has 1 unspecified atom stereocenters.